The summed E-state index contributed by atoms with van der Waals surface area (Å²) in [7, 11) is -3.74. The third kappa shape index (κ3) is 8.52. The molecule has 196 valence electrons. The Kier molecular flexibility index (Phi) is 10.4. The summed E-state index contributed by atoms with van der Waals surface area (Å²) < 4.78 is 26.4. The van der Waals surface area contributed by atoms with Crippen LogP contribution < -0.4 is 5.32 Å². The SMILES string of the molecule is CS(=O)(=O)N(CC(=O)N(Cc1ccccc1)C(C(=O)NCCCO)c1ccccc1)Cc1ccccc1. The number of rotatable bonds is 13. The van der Waals surface area contributed by atoms with Gasteiger partial charge < -0.3 is 15.3 Å². The number of amides is 2. The van der Waals surface area contributed by atoms with E-state index in [-0.39, 0.29) is 26.2 Å². The van der Waals surface area contributed by atoms with Gasteiger partial charge in [0, 0.05) is 26.2 Å². The molecular formula is C28H33N3O5S. The molecule has 3 aromatic carbocycles. The third-order valence-corrected chi connectivity index (χ3v) is 7.00. The van der Waals surface area contributed by atoms with Crippen molar-refractivity contribution in [1.29, 1.82) is 0 Å². The Balaban J connectivity index is 1.98. The second-order valence-electron chi connectivity index (χ2n) is 8.71. The van der Waals surface area contributed by atoms with Crippen LogP contribution in [0.1, 0.15) is 29.2 Å². The summed E-state index contributed by atoms with van der Waals surface area (Å²) in [6.07, 6.45) is 1.44. The lowest BCUT2D eigenvalue weighted by atomic mass is 10.0. The maximum Gasteiger partial charge on any atom is 0.247 e. The van der Waals surface area contributed by atoms with Crippen LogP contribution in [-0.4, -0.2) is 60.5 Å². The van der Waals surface area contributed by atoms with E-state index in [9.17, 15) is 18.0 Å². The van der Waals surface area contributed by atoms with E-state index in [4.69, 9.17) is 5.11 Å². The Hall–Kier alpha value is -3.53. The molecule has 2 amide bonds. The quantitative estimate of drug-likeness (QED) is 0.335. The smallest absolute Gasteiger partial charge is 0.247 e. The van der Waals surface area contributed by atoms with Crippen molar-refractivity contribution in [3.05, 3.63) is 108 Å². The largest absolute Gasteiger partial charge is 0.396 e. The predicted molar refractivity (Wildman–Crippen MR) is 143 cm³/mol. The normalized spacial score (nSPS) is 12.2. The van der Waals surface area contributed by atoms with E-state index in [1.807, 2.05) is 54.6 Å². The molecule has 0 aliphatic carbocycles. The van der Waals surface area contributed by atoms with Crippen molar-refractivity contribution < 1.29 is 23.1 Å². The second kappa shape index (κ2) is 13.7. The van der Waals surface area contributed by atoms with Gasteiger partial charge in [-0.2, -0.15) is 4.31 Å². The minimum atomic E-state index is -3.74. The van der Waals surface area contributed by atoms with Crippen molar-refractivity contribution in [3.8, 4) is 0 Å². The highest BCUT2D eigenvalue weighted by Gasteiger charge is 2.33. The van der Waals surface area contributed by atoms with Crippen LogP contribution in [0, 0.1) is 0 Å². The molecule has 0 spiro atoms. The first-order valence-corrected chi connectivity index (χ1v) is 13.9. The Labute approximate surface area is 218 Å². The average molecular weight is 524 g/mol. The summed E-state index contributed by atoms with van der Waals surface area (Å²) in [6, 6.07) is 26.2. The molecule has 1 unspecified atom stereocenters. The van der Waals surface area contributed by atoms with Gasteiger partial charge in [-0.25, -0.2) is 8.42 Å². The van der Waals surface area contributed by atoms with Gasteiger partial charge in [-0.1, -0.05) is 91.0 Å². The fourth-order valence-electron chi connectivity index (χ4n) is 3.92. The zero-order chi connectivity index (χ0) is 26.7. The summed E-state index contributed by atoms with van der Waals surface area (Å²) in [4.78, 5) is 28.7. The van der Waals surface area contributed by atoms with E-state index in [0.29, 0.717) is 12.0 Å². The first-order valence-electron chi connectivity index (χ1n) is 12.1. The average Bonchev–Trinajstić information content (AvgIpc) is 2.89. The fourth-order valence-corrected chi connectivity index (χ4v) is 4.65. The van der Waals surface area contributed by atoms with Crippen molar-refractivity contribution >= 4 is 21.8 Å². The Morgan fingerprint density at radius 3 is 1.86 bits per heavy atom. The first-order chi connectivity index (χ1) is 17.8. The number of nitrogens with one attached hydrogen (secondary N) is 1. The molecule has 0 radical (unpaired) electrons. The number of nitrogens with zero attached hydrogens (tertiary/aromatic N) is 2. The standard InChI is InChI=1S/C28H33N3O5S/c1-37(35,36)30(20-23-12-5-2-6-13-23)22-26(33)31(21-24-14-7-3-8-15-24)27(25-16-9-4-10-17-25)28(34)29-18-11-19-32/h2-10,12-17,27,32H,11,18-22H2,1H3,(H,29,34). The van der Waals surface area contributed by atoms with Crippen LogP contribution in [0.25, 0.3) is 0 Å². The highest BCUT2D eigenvalue weighted by atomic mass is 32.2. The molecule has 0 aromatic heterocycles. The van der Waals surface area contributed by atoms with Gasteiger partial charge in [-0.3, -0.25) is 9.59 Å². The Bertz CT molecular complexity index is 1240. The Morgan fingerprint density at radius 1 is 0.838 bits per heavy atom. The van der Waals surface area contributed by atoms with E-state index < -0.39 is 34.4 Å². The molecule has 0 saturated carbocycles. The van der Waals surface area contributed by atoms with Crippen LogP contribution in [0.2, 0.25) is 0 Å². The molecule has 37 heavy (non-hydrogen) atoms. The number of aliphatic hydroxyl groups is 1. The molecule has 0 bridgehead atoms. The topological polar surface area (TPSA) is 107 Å². The molecule has 1 atom stereocenters. The van der Waals surface area contributed by atoms with Crippen molar-refractivity contribution in [2.75, 3.05) is 26.0 Å². The molecular weight excluding hydrogens is 490 g/mol. The minimum absolute atomic E-state index is 0.0310. The summed E-state index contributed by atoms with van der Waals surface area (Å²) >= 11 is 0. The number of carbonyl (C=O) groups excluding carboxylic acids is 2. The maximum absolute atomic E-state index is 13.8. The van der Waals surface area contributed by atoms with Crippen molar-refractivity contribution in [3.63, 3.8) is 0 Å². The van der Waals surface area contributed by atoms with Crippen LogP contribution in [0.5, 0.6) is 0 Å². The Morgan fingerprint density at radius 2 is 1.35 bits per heavy atom. The molecule has 0 fully saturated rings. The van der Waals surface area contributed by atoms with E-state index in [2.05, 4.69) is 5.32 Å². The first kappa shape index (κ1) is 28.0. The van der Waals surface area contributed by atoms with Gasteiger partial charge in [-0.05, 0) is 23.1 Å². The highest BCUT2D eigenvalue weighted by molar-refractivity contribution is 7.88. The van der Waals surface area contributed by atoms with Crippen molar-refractivity contribution in [2.24, 2.45) is 0 Å². The minimum Gasteiger partial charge on any atom is -0.396 e. The number of hydrogen-bond donors (Lipinski definition) is 2. The van der Waals surface area contributed by atoms with Gasteiger partial charge in [0.05, 0.1) is 12.8 Å². The molecule has 0 aliphatic heterocycles. The van der Waals surface area contributed by atoms with Crippen molar-refractivity contribution in [1.82, 2.24) is 14.5 Å². The molecule has 0 aliphatic rings. The van der Waals surface area contributed by atoms with Crippen molar-refractivity contribution in [2.45, 2.75) is 25.6 Å². The fraction of sp³-hybridized carbons (Fsp3) is 0.286. The van der Waals surface area contributed by atoms with Crippen LogP contribution >= 0.6 is 0 Å². The number of carbonyl (C=O) groups is 2. The summed E-state index contributed by atoms with van der Waals surface area (Å²) in [6.45, 7) is -0.117. The van der Waals surface area contributed by atoms with E-state index in [1.165, 1.54) is 4.90 Å². The van der Waals surface area contributed by atoms with Gasteiger partial charge in [-0.15, -0.1) is 0 Å². The predicted octanol–water partition coefficient (Wildman–Crippen LogP) is 2.72. The van der Waals surface area contributed by atoms with Gasteiger partial charge in [0.25, 0.3) is 0 Å². The lowest BCUT2D eigenvalue weighted by Crippen LogP contribution is -2.48. The molecule has 0 heterocycles. The highest BCUT2D eigenvalue weighted by Crippen LogP contribution is 2.25. The molecule has 2 N–H and O–H groups in total. The molecule has 8 nitrogen and oxygen atoms in total. The molecule has 3 aromatic rings. The summed E-state index contributed by atoms with van der Waals surface area (Å²) in [5, 5.41) is 11.9. The number of benzene rings is 3. The zero-order valence-corrected chi connectivity index (χ0v) is 21.7. The molecule has 3 rings (SSSR count). The lowest BCUT2D eigenvalue weighted by molar-refractivity contribution is -0.141. The van der Waals surface area contributed by atoms with Crippen LogP contribution in [0.4, 0.5) is 0 Å². The van der Waals surface area contributed by atoms with E-state index in [1.54, 1.807) is 36.4 Å². The van der Waals surface area contributed by atoms with Crippen LogP contribution in [0.15, 0.2) is 91.0 Å². The van der Waals surface area contributed by atoms with Gasteiger partial charge in [0.15, 0.2) is 0 Å². The number of hydrogen-bond acceptors (Lipinski definition) is 5. The van der Waals surface area contributed by atoms with Gasteiger partial charge in [0.1, 0.15) is 6.04 Å². The zero-order valence-electron chi connectivity index (χ0n) is 20.9. The summed E-state index contributed by atoms with van der Waals surface area (Å²) in [5.41, 5.74) is 2.15. The van der Waals surface area contributed by atoms with Crippen LogP contribution in [-0.2, 0) is 32.7 Å². The lowest BCUT2D eigenvalue weighted by Gasteiger charge is -2.33. The molecule has 0 saturated heterocycles. The van der Waals surface area contributed by atoms with E-state index >= 15 is 0 Å². The monoisotopic (exact) mass is 523 g/mol. The maximum atomic E-state index is 13.8. The van der Waals surface area contributed by atoms with Gasteiger partial charge >= 0.3 is 0 Å². The number of sulfonamides is 1. The summed E-state index contributed by atoms with van der Waals surface area (Å²) in [5.74, 6) is -0.908. The number of aliphatic hydroxyl groups excluding tert-OH is 1. The molecule has 9 heteroatoms. The van der Waals surface area contributed by atoms with Gasteiger partial charge in [0.2, 0.25) is 21.8 Å². The third-order valence-electron chi connectivity index (χ3n) is 5.81. The van der Waals surface area contributed by atoms with E-state index in [0.717, 1.165) is 21.7 Å². The van der Waals surface area contributed by atoms with Crippen LogP contribution in [0.3, 0.4) is 0 Å². The second-order valence-corrected chi connectivity index (χ2v) is 10.7.